The van der Waals surface area contributed by atoms with Crippen molar-refractivity contribution in [3.05, 3.63) is 95.6 Å². The second-order valence-electron chi connectivity index (χ2n) is 9.52. The highest BCUT2D eigenvalue weighted by atomic mass is 16.2. The van der Waals surface area contributed by atoms with Crippen molar-refractivity contribution >= 4 is 23.2 Å². The number of carbonyl (C=O) groups excluding carboxylic acids is 2. The number of benzene rings is 3. The van der Waals surface area contributed by atoms with Crippen LogP contribution in [0, 0.1) is 0 Å². The Morgan fingerprint density at radius 2 is 1.26 bits per heavy atom. The topological polar surface area (TPSA) is 52.7 Å². The fourth-order valence-corrected chi connectivity index (χ4v) is 5.29. The number of carbonyl (C=O) groups is 2. The van der Waals surface area contributed by atoms with Gasteiger partial charge in [0.05, 0.1) is 11.5 Å². The molecule has 3 aromatic carbocycles. The van der Waals surface area contributed by atoms with E-state index in [1.165, 1.54) is 6.42 Å². The van der Waals surface area contributed by atoms with Gasteiger partial charge in [0.1, 0.15) is 0 Å². The van der Waals surface area contributed by atoms with Gasteiger partial charge in [-0.15, -0.1) is 0 Å². The SMILES string of the molecule is O=C(Nc1ccc(N2CCCCC2)c(C(=O)N2CCCC2)c1)C(c1ccccc1)c1ccccc1. The zero-order chi connectivity index (χ0) is 24.0. The molecule has 0 atom stereocenters. The Morgan fingerprint density at radius 3 is 1.86 bits per heavy atom. The zero-order valence-electron chi connectivity index (χ0n) is 20.2. The normalized spacial score (nSPS) is 15.9. The summed E-state index contributed by atoms with van der Waals surface area (Å²) in [7, 11) is 0. The van der Waals surface area contributed by atoms with Crippen LogP contribution in [-0.4, -0.2) is 42.9 Å². The summed E-state index contributed by atoms with van der Waals surface area (Å²) in [4.78, 5) is 31.4. The summed E-state index contributed by atoms with van der Waals surface area (Å²) >= 11 is 0. The van der Waals surface area contributed by atoms with Gasteiger partial charge in [0.15, 0.2) is 0 Å². The molecule has 0 bridgehead atoms. The average molecular weight is 468 g/mol. The smallest absolute Gasteiger partial charge is 0.256 e. The lowest BCUT2D eigenvalue weighted by Crippen LogP contribution is -2.34. The number of piperidine rings is 1. The molecule has 5 heteroatoms. The van der Waals surface area contributed by atoms with Gasteiger partial charge >= 0.3 is 0 Å². The first-order valence-electron chi connectivity index (χ1n) is 12.8. The van der Waals surface area contributed by atoms with E-state index in [0.717, 1.165) is 68.7 Å². The molecule has 2 fully saturated rings. The zero-order valence-corrected chi connectivity index (χ0v) is 20.2. The molecule has 0 aromatic heterocycles. The van der Waals surface area contributed by atoms with Gasteiger partial charge in [0.25, 0.3) is 5.91 Å². The lowest BCUT2D eigenvalue weighted by atomic mass is 9.90. The molecule has 1 N–H and O–H groups in total. The Bertz CT molecular complexity index is 1110. The Kier molecular flexibility index (Phi) is 7.12. The van der Waals surface area contributed by atoms with Crippen LogP contribution < -0.4 is 10.2 Å². The van der Waals surface area contributed by atoms with Crippen molar-refractivity contribution in [2.45, 2.75) is 38.0 Å². The maximum Gasteiger partial charge on any atom is 0.256 e. The summed E-state index contributed by atoms with van der Waals surface area (Å²) in [6.45, 7) is 3.55. The van der Waals surface area contributed by atoms with Crippen molar-refractivity contribution in [3.63, 3.8) is 0 Å². The molecule has 0 saturated carbocycles. The predicted octanol–water partition coefficient (Wildman–Crippen LogP) is 5.68. The van der Waals surface area contributed by atoms with E-state index in [0.29, 0.717) is 11.3 Å². The number of amides is 2. The molecule has 2 aliphatic heterocycles. The van der Waals surface area contributed by atoms with E-state index in [9.17, 15) is 9.59 Å². The fourth-order valence-electron chi connectivity index (χ4n) is 5.29. The average Bonchev–Trinajstić information content (AvgIpc) is 3.45. The minimum atomic E-state index is -0.433. The van der Waals surface area contributed by atoms with Crippen LogP contribution in [0.25, 0.3) is 0 Å². The van der Waals surface area contributed by atoms with Crippen molar-refractivity contribution < 1.29 is 9.59 Å². The molecule has 0 aliphatic carbocycles. The monoisotopic (exact) mass is 467 g/mol. The number of hydrogen-bond donors (Lipinski definition) is 1. The summed E-state index contributed by atoms with van der Waals surface area (Å²) in [5.41, 5.74) is 4.23. The van der Waals surface area contributed by atoms with Gasteiger partial charge in [-0.2, -0.15) is 0 Å². The first-order chi connectivity index (χ1) is 17.2. The van der Waals surface area contributed by atoms with Crippen molar-refractivity contribution in [2.75, 3.05) is 36.4 Å². The van der Waals surface area contributed by atoms with Gasteiger partial charge in [-0.3, -0.25) is 9.59 Å². The van der Waals surface area contributed by atoms with Gasteiger partial charge in [0, 0.05) is 37.6 Å². The molecule has 5 rings (SSSR count). The number of likely N-dealkylation sites (tertiary alicyclic amines) is 1. The molecule has 2 heterocycles. The maximum atomic E-state index is 13.6. The van der Waals surface area contributed by atoms with Crippen LogP contribution in [0.15, 0.2) is 78.9 Å². The van der Waals surface area contributed by atoms with Crippen molar-refractivity contribution in [2.24, 2.45) is 0 Å². The number of anilines is 2. The first-order valence-corrected chi connectivity index (χ1v) is 12.8. The van der Waals surface area contributed by atoms with Crippen LogP contribution >= 0.6 is 0 Å². The van der Waals surface area contributed by atoms with Crippen molar-refractivity contribution in [1.82, 2.24) is 4.90 Å². The molecule has 3 aromatic rings. The summed E-state index contributed by atoms with van der Waals surface area (Å²) < 4.78 is 0. The van der Waals surface area contributed by atoms with E-state index in [4.69, 9.17) is 0 Å². The summed E-state index contributed by atoms with van der Waals surface area (Å²) in [5.74, 6) is -0.466. The van der Waals surface area contributed by atoms with Gasteiger partial charge in [-0.25, -0.2) is 0 Å². The largest absolute Gasteiger partial charge is 0.371 e. The Labute approximate surface area is 207 Å². The van der Waals surface area contributed by atoms with Gasteiger partial charge < -0.3 is 15.1 Å². The second-order valence-corrected chi connectivity index (χ2v) is 9.52. The second kappa shape index (κ2) is 10.8. The van der Waals surface area contributed by atoms with Crippen LogP contribution in [0.5, 0.6) is 0 Å². The molecule has 2 aliphatic rings. The minimum absolute atomic E-state index is 0.0711. The number of nitrogens with zero attached hydrogens (tertiary/aromatic N) is 2. The number of hydrogen-bond acceptors (Lipinski definition) is 3. The Balaban J connectivity index is 1.46. The molecule has 180 valence electrons. The predicted molar refractivity (Wildman–Crippen MR) is 141 cm³/mol. The van der Waals surface area contributed by atoms with E-state index in [1.54, 1.807) is 0 Å². The summed E-state index contributed by atoms with van der Waals surface area (Å²) in [5, 5.41) is 3.13. The van der Waals surface area contributed by atoms with Crippen molar-refractivity contribution in [3.8, 4) is 0 Å². The van der Waals surface area contributed by atoms with Gasteiger partial charge in [-0.1, -0.05) is 60.7 Å². The van der Waals surface area contributed by atoms with Crippen LogP contribution in [0.4, 0.5) is 11.4 Å². The molecule has 2 saturated heterocycles. The Morgan fingerprint density at radius 1 is 0.686 bits per heavy atom. The van der Waals surface area contributed by atoms with Crippen LogP contribution in [0.2, 0.25) is 0 Å². The highest BCUT2D eigenvalue weighted by Crippen LogP contribution is 2.31. The fraction of sp³-hybridized carbons (Fsp3) is 0.333. The van der Waals surface area contributed by atoms with E-state index in [-0.39, 0.29) is 11.8 Å². The molecular weight excluding hydrogens is 434 g/mol. The highest BCUT2D eigenvalue weighted by molar-refractivity contribution is 6.03. The molecule has 0 spiro atoms. The molecule has 2 amide bonds. The molecule has 0 radical (unpaired) electrons. The lowest BCUT2D eigenvalue weighted by molar-refractivity contribution is -0.116. The lowest BCUT2D eigenvalue weighted by Gasteiger charge is -2.31. The maximum absolute atomic E-state index is 13.6. The third kappa shape index (κ3) is 5.24. The highest BCUT2D eigenvalue weighted by Gasteiger charge is 2.27. The van der Waals surface area contributed by atoms with E-state index < -0.39 is 5.92 Å². The number of rotatable bonds is 6. The van der Waals surface area contributed by atoms with E-state index in [2.05, 4.69) is 10.2 Å². The molecule has 0 unspecified atom stereocenters. The standard InChI is InChI=1S/C30H33N3O2/c34-29(28(23-12-4-1-5-13-23)24-14-6-2-7-15-24)31-25-16-17-27(32-18-8-3-9-19-32)26(22-25)30(35)33-20-10-11-21-33/h1-2,4-7,12-17,22,28H,3,8-11,18-21H2,(H,31,34). The third-order valence-electron chi connectivity index (χ3n) is 7.11. The van der Waals surface area contributed by atoms with E-state index in [1.807, 2.05) is 83.8 Å². The van der Waals surface area contributed by atoms with Crippen LogP contribution in [-0.2, 0) is 4.79 Å². The molecule has 35 heavy (non-hydrogen) atoms. The summed E-state index contributed by atoms with van der Waals surface area (Å²) in [6.07, 6.45) is 5.63. The minimum Gasteiger partial charge on any atom is -0.371 e. The number of nitrogens with one attached hydrogen (secondary N) is 1. The molecule has 5 nitrogen and oxygen atoms in total. The Hall–Kier alpha value is -3.60. The first kappa shape index (κ1) is 23.2. The van der Waals surface area contributed by atoms with Gasteiger partial charge in [0.2, 0.25) is 5.91 Å². The van der Waals surface area contributed by atoms with Gasteiger partial charge in [-0.05, 0) is 61.4 Å². The summed E-state index contributed by atoms with van der Waals surface area (Å²) in [6, 6.07) is 25.5. The van der Waals surface area contributed by atoms with Crippen LogP contribution in [0.1, 0.15) is 59.5 Å². The van der Waals surface area contributed by atoms with Crippen LogP contribution in [0.3, 0.4) is 0 Å². The van der Waals surface area contributed by atoms with E-state index >= 15 is 0 Å². The quantitative estimate of drug-likeness (QED) is 0.507. The van der Waals surface area contributed by atoms with Crippen molar-refractivity contribution in [1.29, 1.82) is 0 Å². The molecular formula is C30H33N3O2. The third-order valence-corrected chi connectivity index (χ3v) is 7.11.